The lowest BCUT2D eigenvalue weighted by atomic mass is 10.1. The third-order valence-corrected chi connectivity index (χ3v) is 3.87. The van der Waals surface area contributed by atoms with Crippen molar-refractivity contribution in [3.63, 3.8) is 0 Å². The van der Waals surface area contributed by atoms with E-state index in [4.69, 9.17) is 9.15 Å². The number of amides is 1. The molecule has 0 spiro atoms. The predicted molar refractivity (Wildman–Crippen MR) is 103 cm³/mol. The van der Waals surface area contributed by atoms with Crippen LogP contribution >= 0.6 is 0 Å². The molecule has 0 saturated heterocycles. The number of carbonyl (C=O) groups excluding carboxylic acids is 1. The van der Waals surface area contributed by atoms with E-state index in [1.807, 2.05) is 0 Å². The van der Waals surface area contributed by atoms with Gasteiger partial charge in [0.2, 0.25) is 5.91 Å². The fraction of sp³-hybridized carbons (Fsp3) is 0.100. The van der Waals surface area contributed by atoms with Crippen LogP contribution in [0.2, 0.25) is 0 Å². The van der Waals surface area contributed by atoms with Crippen molar-refractivity contribution in [2.45, 2.75) is 6.42 Å². The van der Waals surface area contributed by atoms with Gasteiger partial charge in [0.1, 0.15) is 17.3 Å². The number of nitro benzene ring substituents is 1. The van der Waals surface area contributed by atoms with Crippen LogP contribution in [0.3, 0.4) is 0 Å². The zero-order chi connectivity index (χ0) is 19.9. The molecule has 2 aromatic carbocycles. The molecule has 1 heterocycles. The lowest BCUT2D eigenvalue weighted by Gasteiger charge is -2.02. The number of methoxy groups -OCH3 is 1. The third kappa shape index (κ3) is 4.82. The molecular weight excluding hydrogens is 362 g/mol. The molecule has 0 aliphatic rings. The molecule has 0 unspecified atom stereocenters. The van der Waals surface area contributed by atoms with Crippen LogP contribution in [-0.2, 0) is 11.2 Å². The number of non-ortho nitro benzene ring substituents is 1. The Labute approximate surface area is 160 Å². The summed E-state index contributed by atoms with van der Waals surface area (Å²) >= 11 is 0. The van der Waals surface area contributed by atoms with Gasteiger partial charge in [-0.1, -0.05) is 24.3 Å². The number of furan rings is 1. The number of hydrogen-bond acceptors (Lipinski definition) is 6. The zero-order valence-corrected chi connectivity index (χ0v) is 15.0. The Bertz CT molecular complexity index is 1010. The van der Waals surface area contributed by atoms with Crippen molar-refractivity contribution < 1.29 is 18.9 Å². The Morgan fingerprint density at radius 2 is 2.00 bits per heavy atom. The molecule has 142 valence electrons. The van der Waals surface area contributed by atoms with Crippen LogP contribution in [0.25, 0.3) is 11.3 Å². The van der Waals surface area contributed by atoms with Gasteiger partial charge in [-0.2, -0.15) is 5.10 Å². The number of nitro groups is 1. The monoisotopic (exact) mass is 379 g/mol. The second-order valence-electron chi connectivity index (χ2n) is 5.83. The molecular formula is C20H17N3O5. The third-order valence-electron chi connectivity index (χ3n) is 3.87. The van der Waals surface area contributed by atoms with Crippen LogP contribution in [0.15, 0.2) is 70.2 Å². The topological polar surface area (TPSA) is 107 Å². The van der Waals surface area contributed by atoms with Gasteiger partial charge in [-0.25, -0.2) is 5.43 Å². The molecule has 8 heteroatoms. The summed E-state index contributed by atoms with van der Waals surface area (Å²) < 4.78 is 10.7. The minimum absolute atomic E-state index is 0.0186. The van der Waals surface area contributed by atoms with Gasteiger partial charge in [0.05, 0.1) is 24.7 Å². The van der Waals surface area contributed by atoms with Crippen molar-refractivity contribution in [2.24, 2.45) is 5.10 Å². The minimum Gasteiger partial charge on any atom is -0.497 e. The first-order valence-corrected chi connectivity index (χ1v) is 8.34. The Morgan fingerprint density at radius 1 is 1.21 bits per heavy atom. The maximum atomic E-state index is 11.9. The van der Waals surface area contributed by atoms with Crippen molar-refractivity contribution in [2.75, 3.05) is 7.11 Å². The van der Waals surface area contributed by atoms with E-state index in [-0.39, 0.29) is 18.0 Å². The lowest BCUT2D eigenvalue weighted by molar-refractivity contribution is -0.384. The van der Waals surface area contributed by atoms with Gasteiger partial charge in [0.15, 0.2) is 0 Å². The number of hydrazone groups is 1. The number of ether oxygens (including phenoxy) is 1. The summed E-state index contributed by atoms with van der Waals surface area (Å²) in [6, 6.07) is 16.7. The first-order valence-electron chi connectivity index (χ1n) is 8.34. The maximum absolute atomic E-state index is 11.9. The first kappa shape index (κ1) is 18.8. The number of hydrogen-bond donors (Lipinski definition) is 1. The summed E-state index contributed by atoms with van der Waals surface area (Å²) in [6.07, 6.45) is 1.55. The Hall–Kier alpha value is -3.94. The highest BCUT2D eigenvalue weighted by Gasteiger charge is 2.10. The molecule has 0 radical (unpaired) electrons. The summed E-state index contributed by atoms with van der Waals surface area (Å²) in [5.74, 6) is 1.33. The van der Waals surface area contributed by atoms with E-state index < -0.39 is 4.92 Å². The van der Waals surface area contributed by atoms with Crippen molar-refractivity contribution >= 4 is 17.8 Å². The van der Waals surface area contributed by atoms with E-state index >= 15 is 0 Å². The number of benzene rings is 2. The zero-order valence-electron chi connectivity index (χ0n) is 15.0. The molecule has 0 bridgehead atoms. The standard InChI is InChI=1S/C20H17N3O5/c1-27-17-7-5-14(6-8-17)11-20(24)22-21-13-18-9-10-19(28-18)15-3-2-4-16(12-15)23(25)26/h2-10,12-13H,11H2,1H3,(H,22,24)/b21-13-. The molecule has 1 amide bonds. The molecule has 8 nitrogen and oxygen atoms in total. The Kier molecular flexibility index (Phi) is 5.81. The highest BCUT2D eigenvalue weighted by atomic mass is 16.6. The molecule has 0 atom stereocenters. The second-order valence-corrected chi connectivity index (χ2v) is 5.83. The van der Waals surface area contributed by atoms with E-state index in [1.54, 1.807) is 55.6 Å². The normalized spacial score (nSPS) is 10.8. The summed E-state index contributed by atoms with van der Waals surface area (Å²) in [5.41, 5.74) is 3.83. The summed E-state index contributed by atoms with van der Waals surface area (Å²) in [7, 11) is 1.58. The summed E-state index contributed by atoms with van der Waals surface area (Å²) in [4.78, 5) is 22.3. The van der Waals surface area contributed by atoms with Crippen molar-refractivity contribution in [3.05, 3.63) is 82.1 Å². The number of nitrogens with zero attached hydrogens (tertiary/aromatic N) is 2. The fourth-order valence-electron chi connectivity index (χ4n) is 2.49. The average Bonchev–Trinajstić information content (AvgIpc) is 3.17. The van der Waals surface area contributed by atoms with Crippen LogP contribution in [0.4, 0.5) is 5.69 Å². The van der Waals surface area contributed by atoms with Gasteiger partial charge in [-0.05, 0) is 29.8 Å². The summed E-state index contributed by atoms with van der Waals surface area (Å²) in [6.45, 7) is 0. The van der Waals surface area contributed by atoms with Gasteiger partial charge in [-0.3, -0.25) is 14.9 Å². The highest BCUT2D eigenvalue weighted by Crippen LogP contribution is 2.25. The van der Waals surface area contributed by atoms with E-state index in [0.717, 1.165) is 11.3 Å². The molecule has 28 heavy (non-hydrogen) atoms. The molecule has 0 saturated carbocycles. The largest absolute Gasteiger partial charge is 0.497 e. The number of carbonyl (C=O) groups is 1. The van der Waals surface area contributed by atoms with E-state index in [9.17, 15) is 14.9 Å². The smallest absolute Gasteiger partial charge is 0.270 e. The average molecular weight is 379 g/mol. The van der Waals surface area contributed by atoms with Crippen molar-refractivity contribution in [1.29, 1.82) is 0 Å². The Balaban J connectivity index is 1.58. The molecule has 1 N–H and O–H groups in total. The lowest BCUT2D eigenvalue weighted by Crippen LogP contribution is -2.19. The molecule has 1 aromatic heterocycles. The quantitative estimate of drug-likeness (QED) is 0.384. The van der Waals surface area contributed by atoms with E-state index in [2.05, 4.69) is 10.5 Å². The van der Waals surface area contributed by atoms with Gasteiger partial charge >= 0.3 is 0 Å². The van der Waals surface area contributed by atoms with Gasteiger partial charge < -0.3 is 9.15 Å². The molecule has 0 fully saturated rings. The molecule has 0 aliphatic carbocycles. The van der Waals surface area contributed by atoms with Crippen LogP contribution in [0, 0.1) is 10.1 Å². The Morgan fingerprint density at radius 3 is 2.71 bits per heavy atom. The van der Waals surface area contributed by atoms with Gasteiger partial charge in [-0.15, -0.1) is 0 Å². The van der Waals surface area contributed by atoms with E-state index in [0.29, 0.717) is 17.1 Å². The second kappa shape index (κ2) is 8.63. The fourth-order valence-corrected chi connectivity index (χ4v) is 2.49. The first-order chi connectivity index (χ1) is 13.5. The van der Waals surface area contributed by atoms with Crippen LogP contribution in [0.5, 0.6) is 5.75 Å². The molecule has 0 aliphatic heterocycles. The van der Waals surface area contributed by atoms with Crippen LogP contribution in [-0.4, -0.2) is 24.2 Å². The SMILES string of the molecule is COc1ccc(CC(=O)N/N=C\c2ccc(-c3cccc([N+](=O)[O-])c3)o2)cc1. The predicted octanol–water partition coefficient (Wildman–Crippen LogP) is 3.56. The van der Waals surface area contributed by atoms with Gasteiger partial charge in [0, 0.05) is 17.7 Å². The van der Waals surface area contributed by atoms with Crippen LogP contribution < -0.4 is 10.2 Å². The molecule has 3 aromatic rings. The summed E-state index contributed by atoms with van der Waals surface area (Å²) in [5, 5.41) is 14.7. The van der Waals surface area contributed by atoms with Crippen LogP contribution in [0.1, 0.15) is 11.3 Å². The highest BCUT2D eigenvalue weighted by molar-refractivity contribution is 5.82. The van der Waals surface area contributed by atoms with Crippen molar-refractivity contribution in [3.8, 4) is 17.1 Å². The molecule has 3 rings (SSSR count). The number of rotatable bonds is 7. The number of nitrogens with one attached hydrogen (secondary N) is 1. The maximum Gasteiger partial charge on any atom is 0.270 e. The van der Waals surface area contributed by atoms with Gasteiger partial charge in [0.25, 0.3) is 5.69 Å². The van der Waals surface area contributed by atoms with E-state index in [1.165, 1.54) is 18.3 Å². The minimum atomic E-state index is -0.465. The van der Waals surface area contributed by atoms with Crippen molar-refractivity contribution in [1.82, 2.24) is 5.43 Å².